The molecule has 0 saturated heterocycles. The molecule has 0 unspecified atom stereocenters. The normalized spacial score (nSPS) is 10.6. The van der Waals surface area contributed by atoms with E-state index >= 15 is 0 Å². The van der Waals surface area contributed by atoms with E-state index in [1.807, 2.05) is 6.07 Å². The summed E-state index contributed by atoms with van der Waals surface area (Å²) in [4.78, 5) is 24.2. The predicted octanol–water partition coefficient (Wildman–Crippen LogP) is 3.96. The lowest BCUT2D eigenvalue weighted by Crippen LogP contribution is -2.04. The first-order chi connectivity index (χ1) is 15.1. The summed E-state index contributed by atoms with van der Waals surface area (Å²) < 4.78 is 6.79. The number of carbonyl (C=O) groups is 1. The Hall–Kier alpha value is -4.05. The Labute approximate surface area is 180 Å². The Kier molecular flexibility index (Phi) is 5.72. The van der Waals surface area contributed by atoms with E-state index < -0.39 is 4.92 Å². The van der Waals surface area contributed by atoms with Crippen LogP contribution < -0.4 is 4.74 Å². The van der Waals surface area contributed by atoms with Gasteiger partial charge in [0.2, 0.25) is 5.16 Å². The van der Waals surface area contributed by atoms with Gasteiger partial charge in [-0.3, -0.25) is 14.9 Å². The molecule has 3 aromatic carbocycles. The second-order valence-electron chi connectivity index (χ2n) is 6.28. The van der Waals surface area contributed by atoms with Gasteiger partial charge in [-0.25, -0.2) is 0 Å². The molecule has 0 aliphatic rings. The molecule has 0 bridgehead atoms. The SMILES string of the molecule is COc1ccccc1-n1nnnc1Sc1ccc(C(=O)c2ccccc2)cc1[N+](=O)[O-]. The molecule has 10 heteroatoms. The van der Waals surface area contributed by atoms with Crippen LogP contribution in [0.15, 0.2) is 82.8 Å². The first kappa shape index (κ1) is 20.2. The smallest absolute Gasteiger partial charge is 0.284 e. The average molecular weight is 433 g/mol. The van der Waals surface area contributed by atoms with Gasteiger partial charge in [-0.15, -0.1) is 5.10 Å². The number of hydrogen-bond acceptors (Lipinski definition) is 8. The molecule has 9 nitrogen and oxygen atoms in total. The highest BCUT2D eigenvalue weighted by molar-refractivity contribution is 7.99. The van der Waals surface area contributed by atoms with Crippen LogP contribution in [0.25, 0.3) is 5.69 Å². The molecule has 0 amide bonds. The van der Waals surface area contributed by atoms with Crippen LogP contribution in [0.1, 0.15) is 15.9 Å². The predicted molar refractivity (Wildman–Crippen MR) is 113 cm³/mol. The van der Waals surface area contributed by atoms with Gasteiger partial charge < -0.3 is 4.74 Å². The summed E-state index contributed by atoms with van der Waals surface area (Å²) in [6.07, 6.45) is 0. The number of tetrazole rings is 1. The quantitative estimate of drug-likeness (QED) is 0.244. The first-order valence-corrected chi connectivity index (χ1v) is 9.88. The van der Waals surface area contributed by atoms with Crippen molar-refractivity contribution in [1.82, 2.24) is 20.2 Å². The summed E-state index contributed by atoms with van der Waals surface area (Å²) in [6.45, 7) is 0. The lowest BCUT2D eigenvalue weighted by atomic mass is 10.0. The van der Waals surface area contributed by atoms with Crippen molar-refractivity contribution in [2.75, 3.05) is 7.11 Å². The molecule has 0 saturated carbocycles. The Morgan fingerprint density at radius 1 is 1.03 bits per heavy atom. The standard InChI is InChI=1S/C21H15N5O4S/c1-30-18-10-6-5-9-16(18)25-21(22-23-24-25)31-19-12-11-15(13-17(19)26(28)29)20(27)14-7-3-2-4-8-14/h2-13H,1H3. The molecule has 1 aromatic heterocycles. The minimum absolute atomic E-state index is 0.207. The van der Waals surface area contributed by atoms with Crippen molar-refractivity contribution < 1.29 is 14.5 Å². The number of para-hydroxylation sites is 2. The number of methoxy groups -OCH3 is 1. The molecule has 0 aliphatic carbocycles. The average Bonchev–Trinajstić information content (AvgIpc) is 3.27. The molecule has 4 aromatic rings. The number of nitro groups is 1. The number of aromatic nitrogens is 4. The van der Waals surface area contributed by atoms with Crippen LogP contribution in [0.5, 0.6) is 5.75 Å². The molecule has 0 N–H and O–H groups in total. The molecule has 154 valence electrons. The number of nitro benzene ring substituents is 1. The highest BCUT2D eigenvalue weighted by Crippen LogP contribution is 2.36. The summed E-state index contributed by atoms with van der Waals surface area (Å²) in [5, 5.41) is 23.7. The van der Waals surface area contributed by atoms with Crippen LogP contribution in [-0.4, -0.2) is 38.0 Å². The van der Waals surface area contributed by atoms with Crippen molar-refractivity contribution in [2.45, 2.75) is 10.1 Å². The highest BCUT2D eigenvalue weighted by atomic mass is 32.2. The van der Waals surface area contributed by atoms with Crippen LogP contribution in [0.3, 0.4) is 0 Å². The van der Waals surface area contributed by atoms with Crippen molar-refractivity contribution in [3.8, 4) is 11.4 Å². The third kappa shape index (κ3) is 4.14. The number of carbonyl (C=O) groups excluding carboxylic acids is 1. The molecule has 0 aliphatic heterocycles. The van der Waals surface area contributed by atoms with Crippen molar-refractivity contribution in [1.29, 1.82) is 0 Å². The monoisotopic (exact) mass is 433 g/mol. The van der Waals surface area contributed by atoms with Gasteiger partial charge in [0.15, 0.2) is 5.78 Å². The van der Waals surface area contributed by atoms with Gasteiger partial charge in [-0.1, -0.05) is 42.5 Å². The van der Waals surface area contributed by atoms with Gasteiger partial charge >= 0.3 is 0 Å². The van der Waals surface area contributed by atoms with E-state index in [1.165, 1.54) is 23.9 Å². The van der Waals surface area contributed by atoms with Crippen molar-refractivity contribution in [3.63, 3.8) is 0 Å². The van der Waals surface area contributed by atoms with E-state index in [0.29, 0.717) is 27.1 Å². The minimum atomic E-state index is -0.526. The summed E-state index contributed by atoms with van der Waals surface area (Å²) in [7, 11) is 1.53. The van der Waals surface area contributed by atoms with Gasteiger partial charge in [0.25, 0.3) is 5.69 Å². The molecule has 0 spiro atoms. The second kappa shape index (κ2) is 8.76. The number of benzene rings is 3. The van der Waals surface area contributed by atoms with Crippen LogP contribution in [0.4, 0.5) is 5.69 Å². The van der Waals surface area contributed by atoms with E-state index in [9.17, 15) is 14.9 Å². The van der Waals surface area contributed by atoms with E-state index in [0.717, 1.165) is 11.8 Å². The van der Waals surface area contributed by atoms with Gasteiger partial charge in [-0.05, 0) is 46.5 Å². The zero-order valence-electron chi connectivity index (χ0n) is 16.2. The second-order valence-corrected chi connectivity index (χ2v) is 7.29. The molecule has 0 radical (unpaired) electrons. The van der Waals surface area contributed by atoms with Gasteiger partial charge in [0.1, 0.15) is 11.4 Å². The number of nitrogens with zero attached hydrogens (tertiary/aromatic N) is 5. The maximum Gasteiger partial charge on any atom is 0.284 e. The lowest BCUT2D eigenvalue weighted by Gasteiger charge is -2.09. The first-order valence-electron chi connectivity index (χ1n) is 9.06. The molecule has 0 atom stereocenters. The van der Waals surface area contributed by atoms with E-state index in [2.05, 4.69) is 15.5 Å². The fraction of sp³-hybridized carbons (Fsp3) is 0.0476. The lowest BCUT2D eigenvalue weighted by molar-refractivity contribution is -0.387. The molecule has 4 rings (SSSR count). The maximum absolute atomic E-state index is 12.7. The number of hydrogen-bond donors (Lipinski definition) is 0. The third-order valence-electron chi connectivity index (χ3n) is 4.41. The fourth-order valence-corrected chi connectivity index (χ4v) is 3.81. The van der Waals surface area contributed by atoms with E-state index in [4.69, 9.17) is 4.74 Å². The molecule has 1 heterocycles. The fourth-order valence-electron chi connectivity index (χ4n) is 2.94. The van der Waals surface area contributed by atoms with Gasteiger partial charge in [-0.2, -0.15) is 4.68 Å². The highest BCUT2D eigenvalue weighted by Gasteiger charge is 2.22. The van der Waals surface area contributed by atoms with Crippen molar-refractivity contribution in [3.05, 3.63) is 94.0 Å². The van der Waals surface area contributed by atoms with E-state index in [1.54, 1.807) is 54.6 Å². The molecule has 0 fully saturated rings. The third-order valence-corrected chi connectivity index (χ3v) is 5.41. The number of ether oxygens (including phenoxy) is 1. The summed E-state index contributed by atoms with van der Waals surface area (Å²) in [5.41, 5.74) is 1.07. The largest absolute Gasteiger partial charge is 0.494 e. The number of rotatable bonds is 7. The van der Waals surface area contributed by atoms with Crippen molar-refractivity contribution in [2.24, 2.45) is 0 Å². The van der Waals surface area contributed by atoms with Gasteiger partial charge in [0.05, 0.1) is 16.9 Å². The topological polar surface area (TPSA) is 113 Å². The zero-order valence-corrected chi connectivity index (χ0v) is 17.0. The minimum Gasteiger partial charge on any atom is -0.494 e. The Morgan fingerprint density at radius 3 is 2.52 bits per heavy atom. The van der Waals surface area contributed by atoms with Crippen molar-refractivity contribution >= 4 is 23.2 Å². The van der Waals surface area contributed by atoms with Crippen LogP contribution in [0.2, 0.25) is 0 Å². The van der Waals surface area contributed by atoms with Crippen LogP contribution in [-0.2, 0) is 0 Å². The summed E-state index contributed by atoms with van der Waals surface area (Å²) in [5.74, 6) is 0.258. The number of ketones is 1. The Bertz CT molecular complexity index is 1260. The summed E-state index contributed by atoms with van der Waals surface area (Å²) in [6, 6.07) is 20.1. The molecular formula is C21H15N5O4S. The van der Waals surface area contributed by atoms with Gasteiger partial charge in [0, 0.05) is 17.2 Å². The summed E-state index contributed by atoms with van der Waals surface area (Å²) >= 11 is 1.02. The Balaban J connectivity index is 1.70. The maximum atomic E-state index is 12.7. The van der Waals surface area contributed by atoms with Crippen LogP contribution >= 0.6 is 11.8 Å². The Morgan fingerprint density at radius 2 is 1.77 bits per heavy atom. The zero-order chi connectivity index (χ0) is 21.8. The molecule has 31 heavy (non-hydrogen) atoms. The van der Waals surface area contributed by atoms with E-state index in [-0.39, 0.29) is 17.0 Å². The molecular weight excluding hydrogens is 418 g/mol. The van der Waals surface area contributed by atoms with Crippen LogP contribution in [0, 0.1) is 10.1 Å².